The van der Waals surface area contributed by atoms with Crippen LogP contribution in [0.1, 0.15) is 48.4 Å². The third kappa shape index (κ3) is 5.29. The zero-order valence-corrected chi connectivity index (χ0v) is 18.9. The Kier molecular flexibility index (Phi) is 7.07. The van der Waals surface area contributed by atoms with E-state index in [4.69, 9.17) is 0 Å². The van der Waals surface area contributed by atoms with Gasteiger partial charge in [-0.25, -0.2) is 4.39 Å². The summed E-state index contributed by atoms with van der Waals surface area (Å²) in [6.07, 6.45) is 7.84. The van der Waals surface area contributed by atoms with E-state index in [0.717, 1.165) is 35.1 Å². The maximum Gasteiger partial charge on any atom is 0.150 e. The fourth-order valence-electron chi connectivity index (χ4n) is 3.92. The number of rotatable bonds is 6. The van der Waals surface area contributed by atoms with E-state index in [1.54, 1.807) is 6.07 Å². The molecule has 0 aliphatic heterocycles. The number of hydrogen-bond donors (Lipinski definition) is 0. The van der Waals surface area contributed by atoms with Crippen LogP contribution >= 0.6 is 12.2 Å². The van der Waals surface area contributed by atoms with Crippen LogP contribution < -0.4 is 0 Å². The standard InChI is InChI=1S/C29H24FNS/c1-2-3-4-5-21-6-8-22(9-7-21)10-11-23-16-24-12-13-25(18-27(24)17-23)26-14-15-29(31-20-32)28(30)19-26/h6-9,12-16,18-19H,2-5,17H2,1H3. The highest BCUT2D eigenvalue weighted by Crippen LogP contribution is 2.31. The van der Waals surface area contributed by atoms with Crippen molar-refractivity contribution in [2.24, 2.45) is 4.99 Å². The van der Waals surface area contributed by atoms with Crippen molar-refractivity contribution in [2.45, 2.75) is 39.0 Å². The van der Waals surface area contributed by atoms with Crippen LogP contribution in [-0.2, 0) is 12.8 Å². The lowest BCUT2D eigenvalue weighted by molar-refractivity contribution is 0.630. The molecule has 3 heteroatoms. The fraction of sp³-hybridized carbons (Fsp3) is 0.207. The molecule has 158 valence electrons. The Hall–Kier alpha value is -3.31. The Morgan fingerprint density at radius 1 is 0.938 bits per heavy atom. The predicted molar refractivity (Wildman–Crippen MR) is 135 cm³/mol. The van der Waals surface area contributed by atoms with Crippen LogP contribution in [0.15, 0.2) is 71.2 Å². The fourth-order valence-corrected chi connectivity index (χ4v) is 4.01. The van der Waals surface area contributed by atoms with E-state index in [1.807, 2.05) is 12.1 Å². The molecule has 0 bridgehead atoms. The van der Waals surface area contributed by atoms with Crippen molar-refractivity contribution in [2.75, 3.05) is 0 Å². The molecule has 32 heavy (non-hydrogen) atoms. The minimum absolute atomic E-state index is 0.207. The van der Waals surface area contributed by atoms with Gasteiger partial charge in [0, 0.05) is 17.6 Å². The van der Waals surface area contributed by atoms with Gasteiger partial charge in [-0.2, -0.15) is 4.99 Å². The molecule has 0 amide bonds. The summed E-state index contributed by atoms with van der Waals surface area (Å²) in [6.45, 7) is 2.23. The van der Waals surface area contributed by atoms with Gasteiger partial charge in [0.05, 0.1) is 5.16 Å². The normalized spacial score (nSPS) is 11.8. The third-order valence-corrected chi connectivity index (χ3v) is 5.78. The number of unbranched alkanes of at least 4 members (excludes halogenated alkanes) is 2. The number of isothiocyanates is 1. The van der Waals surface area contributed by atoms with Crippen LogP contribution in [0.2, 0.25) is 0 Å². The van der Waals surface area contributed by atoms with E-state index in [1.165, 1.54) is 42.0 Å². The molecule has 3 aromatic carbocycles. The summed E-state index contributed by atoms with van der Waals surface area (Å²) in [5.41, 5.74) is 7.89. The van der Waals surface area contributed by atoms with E-state index >= 15 is 0 Å². The van der Waals surface area contributed by atoms with Crippen molar-refractivity contribution in [3.63, 3.8) is 0 Å². The summed E-state index contributed by atoms with van der Waals surface area (Å²) in [6, 6.07) is 19.8. The van der Waals surface area contributed by atoms with Gasteiger partial charge in [0.1, 0.15) is 11.5 Å². The first-order chi connectivity index (χ1) is 15.7. The third-order valence-electron chi connectivity index (χ3n) is 5.69. The summed E-state index contributed by atoms with van der Waals surface area (Å²) in [5.74, 6) is 6.22. The van der Waals surface area contributed by atoms with Gasteiger partial charge in [-0.3, -0.25) is 0 Å². The molecule has 0 saturated heterocycles. The summed E-state index contributed by atoms with van der Waals surface area (Å²) < 4.78 is 14.2. The van der Waals surface area contributed by atoms with Crippen LogP contribution in [0, 0.1) is 17.7 Å². The zero-order chi connectivity index (χ0) is 22.3. The Bertz CT molecular complexity index is 1270. The van der Waals surface area contributed by atoms with E-state index in [-0.39, 0.29) is 5.69 Å². The molecule has 1 aliphatic rings. The Labute approximate surface area is 194 Å². The average Bonchev–Trinajstić information content (AvgIpc) is 3.22. The first-order valence-electron chi connectivity index (χ1n) is 11.0. The van der Waals surface area contributed by atoms with Crippen LogP contribution in [0.3, 0.4) is 0 Å². The summed E-state index contributed by atoms with van der Waals surface area (Å²) >= 11 is 4.56. The van der Waals surface area contributed by atoms with Crippen LogP contribution in [0.25, 0.3) is 17.2 Å². The topological polar surface area (TPSA) is 12.4 Å². The van der Waals surface area contributed by atoms with Crippen LogP contribution in [-0.4, -0.2) is 5.16 Å². The lowest BCUT2D eigenvalue weighted by Crippen LogP contribution is -1.87. The van der Waals surface area contributed by atoms with E-state index in [0.29, 0.717) is 0 Å². The molecule has 0 atom stereocenters. The summed E-state index contributed by atoms with van der Waals surface area (Å²) in [4.78, 5) is 3.74. The smallest absolute Gasteiger partial charge is 0.150 e. The first-order valence-corrected chi connectivity index (χ1v) is 11.4. The van der Waals surface area contributed by atoms with Gasteiger partial charge in [0.25, 0.3) is 0 Å². The van der Waals surface area contributed by atoms with Gasteiger partial charge in [0.15, 0.2) is 0 Å². The van der Waals surface area contributed by atoms with E-state index in [9.17, 15) is 4.39 Å². The molecule has 0 fully saturated rings. The van der Waals surface area contributed by atoms with E-state index < -0.39 is 5.82 Å². The molecule has 0 spiro atoms. The Balaban J connectivity index is 1.45. The number of allylic oxidation sites excluding steroid dienone is 1. The number of aliphatic imine (C=N–C) groups is 1. The molecule has 0 saturated carbocycles. The van der Waals surface area contributed by atoms with Crippen LogP contribution in [0.5, 0.6) is 0 Å². The number of thiocarbonyl (C=S) groups is 1. The largest absolute Gasteiger partial charge is 0.205 e. The lowest BCUT2D eigenvalue weighted by atomic mass is 9.99. The molecule has 0 N–H and O–H groups in total. The maximum atomic E-state index is 14.2. The molecule has 0 heterocycles. The van der Waals surface area contributed by atoms with Crippen molar-refractivity contribution in [3.8, 4) is 23.0 Å². The quantitative estimate of drug-likeness (QED) is 0.165. The van der Waals surface area contributed by atoms with Crippen molar-refractivity contribution in [1.29, 1.82) is 0 Å². The highest BCUT2D eigenvalue weighted by Gasteiger charge is 2.13. The molecular formula is C29H24FNS. The molecule has 1 nitrogen and oxygen atoms in total. The minimum atomic E-state index is -0.401. The zero-order valence-electron chi connectivity index (χ0n) is 18.1. The van der Waals surface area contributed by atoms with Crippen LogP contribution in [0.4, 0.5) is 10.1 Å². The first kappa shape index (κ1) is 21.9. The van der Waals surface area contributed by atoms with Crippen molar-refractivity contribution in [3.05, 3.63) is 94.3 Å². The number of halogens is 1. The molecule has 0 aromatic heterocycles. The molecule has 3 aromatic rings. The second kappa shape index (κ2) is 10.3. The minimum Gasteiger partial charge on any atom is -0.205 e. The number of hydrogen-bond acceptors (Lipinski definition) is 2. The predicted octanol–water partition coefficient (Wildman–Crippen LogP) is 7.95. The van der Waals surface area contributed by atoms with E-state index in [2.05, 4.69) is 83.6 Å². The van der Waals surface area contributed by atoms with Gasteiger partial charge in [-0.05, 0) is 83.2 Å². The molecule has 0 radical (unpaired) electrons. The number of fused-ring (bicyclic) bond motifs is 1. The van der Waals surface area contributed by atoms with Gasteiger partial charge in [0.2, 0.25) is 0 Å². The van der Waals surface area contributed by atoms with Gasteiger partial charge in [-0.15, -0.1) is 0 Å². The van der Waals surface area contributed by atoms with Crippen molar-refractivity contribution >= 4 is 29.1 Å². The average molecular weight is 438 g/mol. The van der Waals surface area contributed by atoms with Gasteiger partial charge in [-0.1, -0.05) is 68.0 Å². The number of aryl methyl sites for hydroxylation is 1. The Morgan fingerprint density at radius 3 is 2.47 bits per heavy atom. The van der Waals surface area contributed by atoms with Crippen molar-refractivity contribution in [1.82, 2.24) is 0 Å². The Morgan fingerprint density at radius 2 is 1.72 bits per heavy atom. The van der Waals surface area contributed by atoms with Crippen molar-refractivity contribution < 1.29 is 4.39 Å². The highest BCUT2D eigenvalue weighted by atomic mass is 32.1. The second-order valence-electron chi connectivity index (χ2n) is 8.03. The lowest BCUT2D eigenvalue weighted by Gasteiger charge is -2.06. The summed E-state index contributed by atoms with van der Waals surface area (Å²) in [5, 5.41) is 2.21. The number of nitrogens with zero attached hydrogens (tertiary/aromatic N) is 1. The molecule has 0 unspecified atom stereocenters. The highest BCUT2D eigenvalue weighted by molar-refractivity contribution is 7.78. The van der Waals surface area contributed by atoms with Gasteiger partial charge < -0.3 is 0 Å². The summed E-state index contributed by atoms with van der Waals surface area (Å²) in [7, 11) is 0. The molecular weight excluding hydrogens is 413 g/mol. The molecule has 1 aliphatic carbocycles. The maximum absolute atomic E-state index is 14.2. The number of benzene rings is 3. The SMILES string of the molecule is CCCCCc1ccc(C#CC2=Cc3ccc(-c4ccc(N=C=S)c(F)c4)cc3C2)cc1. The van der Waals surface area contributed by atoms with Gasteiger partial charge >= 0.3 is 0 Å². The molecule has 4 rings (SSSR count). The second-order valence-corrected chi connectivity index (χ2v) is 8.22. The monoisotopic (exact) mass is 437 g/mol.